The van der Waals surface area contributed by atoms with Gasteiger partial charge >= 0.3 is 0 Å². The van der Waals surface area contributed by atoms with E-state index in [-0.39, 0.29) is 11.7 Å². The highest BCUT2D eigenvalue weighted by atomic mass is 16.3. The molecule has 0 amide bonds. The molecule has 2 nitrogen and oxygen atoms in total. The Morgan fingerprint density at radius 2 is 1.64 bits per heavy atom. The van der Waals surface area contributed by atoms with Crippen LogP contribution in [0.3, 0.4) is 0 Å². The number of hydrogen-bond acceptors (Lipinski definition) is 2. The van der Waals surface area contributed by atoms with Crippen LogP contribution in [0.25, 0.3) is 0 Å². The lowest BCUT2D eigenvalue weighted by Gasteiger charge is -2.22. The Morgan fingerprint density at radius 3 is 2.14 bits per heavy atom. The summed E-state index contributed by atoms with van der Waals surface area (Å²) in [6.07, 6.45) is 7.01. The molecule has 0 aromatic rings. The molecule has 0 aromatic heterocycles. The van der Waals surface area contributed by atoms with Gasteiger partial charge in [-0.3, -0.25) is 4.79 Å². The third kappa shape index (κ3) is 8.12. The second-order valence-electron chi connectivity index (χ2n) is 7.41. The number of carbonyl (C=O) groups excluding carboxylic acids is 1. The molecule has 0 aliphatic rings. The van der Waals surface area contributed by atoms with E-state index < -0.39 is 6.10 Å². The molecule has 0 aromatic carbocycles. The van der Waals surface area contributed by atoms with Crippen LogP contribution >= 0.6 is 0 Å². The van der Waals surface area contributed by atoms with E-state index in [2.05, 4.69) is 33.8 Å². The van der Waals surface area contributed by atoms with E-state index in [0.717, 1.165) is 17.9 Å². The molecule has 0 rings (SSSR count). The maximum absolute atomic E-state index is 11.7. The largest absolute Gasteiger partial charge is 0.388 e. The van der Waals surface area contributed by atoms with E-state index in [1.165, 1.54) is 19.3 Å². The zero-order valence-electron chi connectivity index (χ0n) is 15.9. The average molecular weight is 311 g/mol. The van der Waals surface area contributed by atoms with Gasteiger partial charge in [-0.1, -0.05) is 60.5 Å². The number of aliphatic hydroxyl groups is 1. The van der Waals surface area contributed by atoms with Crippen LogP contribution in [0.2, 0.25) is 0 Å². The van der Waals surface area contributed by atoms with Crippen molar-refractivity contribution in [1.29, 1.82) is 0 Å². The van der Waals surface area contributed by atoms with Gasteiger partial charge in [-0.2, -0.15) is 0 Å². The summed E-state index contributed by atoms with van der Waals surface area (Å²) in [5.41, 5.74) is 0.940. The summed E-state index contributed by atoms with van der Waals surface area (Å²) in [5, 5.41) is 10.3. The number of aliphatic hydroxyl groups excluding tert-OH is 1. The molecule has 1 N–H and O–H groups in total. The maximum Gasteiger partial charge on any atom is 0.138 e. The van der Waals surface area contributed by atoms with Crippen molar-refractivity contribution in [3.8, 4) is 0 Å². The summed E-state index contributed by atoms with van der Waals surface area (Å²) < 4.78 is 0. The predicted octanol–water partition coefficient (Wildman–Crippen LogP) is 5.40. The molecule has 0 aliphatic heterocycles. The smallest absolute Gasteiger partial charge is 0.138 e. The first-order valence-electron chi connectivity index (χ1n) is 9.11. The van der Waals surface area contributed by atoms with Crippen LogP contribution in [-0.4, -0.2) is 17.0 Å². The molecule has 22 heavy (non-hydrogen) atoms. The van der Waals surface area contributed by atoms with Crippen LogP contribution < -0.4 is 0 Å². The van der Waals surface area contributed by atoms with E-state index in [1.807, 2.05) is 20.8 Å². The number of rotatable bonds is 11. The number of Topliss-reactive ketones (excluding diaryl/α,β-unsaturated/α-hetero) is 1. The third-order valence-corrected chi connectivity index (χ3v) is 4.70. The van der Waals surface area contributed by atoms with Gasteiger partial charge in [0.2, 0.25) is 0 Å². The van der Waals surface area contributed by atoms with E-state index in [9.17, 15) is 9.90 Å². The van der Waals surface area contributed by atoms with Crippen LogP contribution in [0.5, 0.6) is 0 Å². The van der Waals surface area contributed by atoms with Gasteiger partial charge in [0.05, 0.1) is 6.10 Å². The molecule has 0 spiro atoms. The number of ketones is 1. The Bertz CT molecular complexity index is 346. The fourth-order valence-corrected chi connectivity index (χ4v) is 3.54. The van der Waals surface area contributed by atoms with Crippen molar-refractivity contribution >= 4 is 5.78 Å². The monoisotopic (exact) mass is 310 g/mol. The normalized spacial score (nSPS) is 19.4. The minimum atomic E-state index is -0.635. The summed E-state index contributed by atoms with van der Waals surface area (Å²) in [5.74, 6) is 1.78. The summed E-state index contributed by atoms with van der Waals surface area (Å²) in [4.78, 5) is 11.7. The second kappa shape index (κ2) is 11.0. The fraction of sp³-hybridized carbons (Fsp3) is 0.850. The molecule has 0 bridgehead atoms. The van der Waals surface area contributed by atoms with Crippen LogP contribution in [0.15, 0.2) is 11.6 Å². The van der Waals surface area contributed by atoms with Crippen molar-refractivity contribution in [2.45, 2.75) is 86.7 Å². The van der Waals surface area contributed by atoms with Crippen molar-refractivity contribution < 1.29 is 9.90 Å². The fourth-order valence-electron chi connectivity index (χ4n) is 3.54. The summed E-state index contributed by atoms with van der Waals surface area (Å²) in [6.45, 7) is 14.8. The highest BCUT2D eigenvalue weighted by Crippen LogP contribution is 2.25. The summed E-state index contributed by atoms with van der Waals surface area (Å²) in [7, 11) is 0. The molecule has 0 saturated carbocycles. The highest BCUT2D eigenvalue weighted by molar-refractivity contribution is 5.81. The minimum absolute atomic E-state index is 0.134. The van der Waals surface area contributed by atoms with Crippen LogP contribution in [0, 0.1) is 23.7 Å². The molecular weight excluding hydrogens is 272 g/mol. The lowest BCUT2D eigenvalue weighted by Crippen LogP contribution is -2.26. The Hall–Kier alpha value is -0.630. The first-order chi connectivity index (χ1) is 10.2. The van der Waals surface area contributed by atoms with Gasteiger partial charge in [-0.15, -0.1) is 0 Å². The highest BCUT2D eigenvalue weighted by Gasteiger charge is 2.22. The summed E-state index contributed by atoms with van der Waals surface area (Å²) >= 11 is 0. The molecule has 0 fully saturated rings. The third-order valence-electron chi connectivity index (χ3n) is 4.70. The Kier molecular flexibility index (Phi) is 10.7. The quantitative estimate of drug-likeness (QED) is 0.519. The van der Waals surface area contributed by atoms with Gasteiger partial charge < -0.3 is 5.11 Å². The minimum Gasteiger partial charge on any atom is -0.388 e. The topological polar surface area (TPSA) is 37.3 Å². The second-order valence-corrected chi connectivity index (χ2v) is 7.41. The molecule has 0 heterocycles. The number of carbonyl (C=O) groups is 1. The zero-order chi connectivity index (χ0) is 17.3. The van der Waals surface area contributed by atoms with Crippen molar-refractivity contribution in [2.75, 3.05) is 0 Å². The van der Waals surface area contributed by atoms with Crippen LogP contribution in [0.4, 0.5) is 0 Å². The van der Waals surface area contributed by atoms with Crippen LogP contribution in [0.1, 0.15) is 80.6 Å². The molecular formula is C20H38O2. The average Bonchev–Trinajstić information content (AvgIpc) is 2.44. The Balaban J connectivity index is 4.47. The van der Waals surface area contributed by atoms with E-state index >= 15 is 0 Å². The lowest BCUT2D eigenvalue weighted by atomic mass is 9.86. The van der Waals surface area contributed by atoms with Gasteiger partial charge in [-0.05, 0) is 43.1 Å². The Morgan fingerprint density at radius 1 is 1.05 bits per heavy atom. The van der Waals surface area contributed by atoms with Gasteiger partial charge in [0.15, 0.2) is 0 Å². The van der Waals surface area contributed by atoms with E-state index in [1.54, 1.807) is 0 Å². The first-order valence-corrected chi connectivity index (χ1v) is 9.11. The number of hydrogen-bond donors (Lipinski definition) is 1. The zero-order valence-corrected chi connectivity index (χ0v) is 15.9. The van der Waals surface area contributed by atoms with E-state index in [4.69, 9.17) is 0 Å². The van der Waals surface area contributed by atoms with Crippen molar-refractivity contribution in [2.24, 2.45) is 23.7 Å². The molecule has 5 atom stereocenters. The maximum atomic E-state index is 11.7. The number of allylic oxidation sites excluding steroid dienone is 1. The van der Waals surface area contributed by atoms with Crippen LogP contribution in [-0.2, 0) is 4.79 Å². The van der Waals surface area contributed by atoms with Gasteiger partial charge in [-0.25, -0.2) is 0 Å². The lowest BCUT2D eigenvalue weighted by molar-refractivity contribution is -0.124. The molecule has 0 radical (unpaired) electrons. The van der Waals surface area contributed by atoms with Crippen molar-refractivity contribution in [3.05, 3.63) is 11.6 Å². The molecule has 0 unspecified atom stereocenters. The molecule has 2 heteroatoms. The van der Waals surface area contributed by atoms with Crippen molar-refractivity contribution in [3.63, 3.8) is 0 Å². The standard InChI is InChI=1S/C20H38O2/c1-8-10-14(3)11-15(4)12-16(5)13-17(6)20(22)18(7)19(21)9-2/h13-16,18,20,22H,8-12H2,1-7H3/b17-13+/t14-,15-,16-,18-,20-/m0/s1. The first kappa shape index (κ1) is 21.4. The summed E-state index contributed by atoms with van der Waals surface area (Å²) in [6, 6.07) is 0. The van der Waals surface area contributed by atoms with Crippen molar-refractivity contribution in [1.82, 2.24) is 0 Å². The SMILES string of the molecule is CCC[C@H](C)C[C@H](C)C[C@H](C)/C=C(\C)[C@H](O)[C@@H](C)C(=O)CC. The Labute approximate surface area is 138 Å². The molecule has 130 valence electrons. The van der Waals surface area contributed by atoms with Gasteiger partial charge in [0, 0.05) is 12.3 Å². The van der Waals surface area contributed by atoms with Gasteiger partial charge in [0.25, 0.3) is 0 Å². The molecule has 0 saturated heterocycles. The predicted molar refractivity (Wildman–Crippen MR) is 95.9 cm³/mol. The van der Waals surface area contributed by atoms with E-state index in [0.29, 0.717) is 18.3 Å². The van der Waals surface area contributed by atoms with Gasteiger partial charge in [0.1, 0.15) is 5.78 Å². The molecule has 0 aliphatic carbocycles.